The van der Waals surface area contributed by atoms with Gasteiger partial charge in [-0.15, -0.1) is 0 Å². The molecule has 3 N–H and O–H groups in total. The van der Waals surface area contributed by atoms with Crippen molar-refractivity contribution in [3.63, 3.8) is 0 Å². The van der Waals surface area contributed by atoms with Crippen molar-refractivity contribution >= 4 is 11.8 Å². The molecule has 0 aromatic carbocycles. The molecular formula is C18H27N5O2. The number of piperidine rings is 1. The monoisotopic (exact) mass is 345 g/mol. The summed E-state index contributed by atoms with van der Waals surface area (Å²) in [6, 6.07) is 5.66. The Morgan fingerprint density at radius 1 is 1.32 bits per heavy atom. The average Bonchev–Trinajstić information content (AvgIpc) is 3.11. The van der Waals surface area contributed by atoms with E-state index in [0.717, 1.165) is 25.1 Å². The van der Waals surface area contributed by atoms with Gasteiger partial charge >= 0.3 is 0 Å². The van der Waals surface area contributed by atoms with Crippen LogP contribution >= 0.6 is 0 Å². The number of nitrogens with zero attached hydrogens (tertiary/aromatic N) is 2. The van der Waals surface area contributed by atoms with Gasteiger partial charge in [-0.25, -0.2) is 10.9 Å². The van der Waals surface area contributed by atoms with Crippen LogP contribution < -0.4 is 16.2 Å². The lowest BCUT2D eigenvalue weighted by atomic mass is 9.95. The van der Waals surface area contributed by atoms with Crippen molar-refractivity contribution in [2.75, 3.05) is 13.1 Å². The maximum absolute atomic E-state index is 12.8. The van der Waals surface area contributed by atoms with Crippen molar-refractivity contribution in [3.05, 3.63) is 30.1 Å². The minimum atomic E-state index is -0.279. The smallest absolute Gasteiger partial charge is 0.241 e. The van der Waals surface area contributed by atoms with Crippen LogP contribution in [0.2, 0.25) is 0 Å². The molecule has 3 rings (SSSR count). The topological polar surface area (TPSA) is 86.4 Å². The maximum Gasteiger partial charge on any atom is 0.241 e. The summed E-state index contributed by atoms with van der Waals surface area (Å²) in [4.78, 5) is 31.3. The average molecular weight is 345 g/mol. The number of aromatic nitrogens is 1. The standard InChI is InChI=1S/C18H27N5O2/c1-12(2)20-17(24)13-6-5-9-23(11-13)18(25)16-10-15(21-22-16)14-7-3-4-8-19-14/h3-4,7-8,12-13,15-16,21-22H,5-6,9-11H2,1-2H3,(H,20,24). The fraction of sp³-hybridized carbons (Fsp3) is 0.611. The second-order valence-electron chi connectivity index (χ2n) is 7.17. The van der Waals surface area contributed by atoms with E-state index in [-0.39, 0.29) is 35.9 Å². The Morgan fingerprint density at radius 3 is 2.88 bits per heavy atom. The van der Waals surface area contributed by atoms with Crippen molar-refractivity contribution < 1.29 is 9.59 Å². The Balaban J connectivity index is 1.57. The number of carbonyl (C=O) groups is 2. The summed E-state index contributed by atoms with van der Waals surface area (Å²) in [5.74, 6) is 0.00500. The molecular weight excluding hydrogens is 318 g/mol. The molecule has 2 amide bonds. The molecule has 3 heterocycles. The van der Waals surface area contributed by atoms with E-state index in [1.165, 1.54) is 0 Å². The number of hydrogen-bond acceptors (Lipinski definition) is 5. The van der Waals surface area contributed by atoms with Gasteiger partial charge in [0.2, 0.25) is 11.8 Å². The van der Waals surface area contributed by atoms with E-state index in [2.05, 4.69) is 21.2 Å². The zero-order chi connectivity index (χ0) is 17.8. The van der Waals surface area contributed by atoms with Crippen LogP contribution in [0.1, 0.15) is 44.8 Å². The summed E-state index contributed by atoms with van der Waals surface area (Å²) in [6.07, 6.45) is 4.13. The molecule has 1 aromatic heterocycles. The minimum Gasteiger partial charge on any atom is -0.354 e. The molecule has 0 saturated carbocycles. The first kappa shape index (κ1) is 17.8. The first-order valence-electron chi connectivity index (χ1n) is 9.05. The van der Waals surface area contributed by atoms with Crippen molar-refractivity contribution in [1.29, 1.82) is 0 Å². The van der Waals surface area contributed by atoms with Gasteiger partial charge in [-0.1, -0.05) is 6.07 Å². The van der Waals surface area contributed by atoms with Crippen molar-refractivity contribution in [1.82, 2.24) is 26.1 Å². The molecule has 2 fully saturated rings. The molecule has 0 spiro atoms. The first-order chi connectivity index (χ1) is 12.0. The van der Waals surface area contributed by atoms with Gasteiger partial charge in [-0.3, -0.25) is 14.6 Å². The van der Waals surface area contributed by atoms with Gasteiger partial charge in [0.15, 0.2) is 0 Å². The van der Waals surface area contributed by atoms with Gasteiger partial charge in [0.25, 0.3) is 0 Å². The molecule has 3 atom stereocenters. The van der Waals surface area contributed by atoms with Crippen LogP contribution in [0.15, 0.2) is 24.4 Å². The van der Waals surface area contributed by atoms with Crippen molar-refractivity contribution in [2.45, 2.75) is 51.2 Å². The lowest BCUT2D eigenvalue weighted by Crippen LogP contribution is -2.51. The van der Waals surface area contributed by atoms with Crippen LogP contribution in [0.25, 0.3) is 0 Å². The zero-order valence-electron chi connectivity index (χ0n) is 14.9. The van der Waals surface area contributed by atoms with Gasteiger partial charge in [0, 0.05) is 25.3 Å². The van der Waals surface area contributed by atoms with E-state index in [1.54, 1.807) is 6.20 Å². The summed E-state index contributed by atoms with van der Waals surface area (Å²) in [5.41, 5.74) is 7.19. The van der Waals surface area contributed by atoms with Gasteiger partial charge in [-0.05, 0) is 45.2 Å². The van der Waals surface area contributed by atoms with Gasteiger partial charge in [0.1, 0.15) is 6.04 Å². The number of amides is 2. The number of carbonyl (C=O) groups excluding carboxylic acids is 2. The molecule has 2 saturated heterocycles. The lowest BCUT2D eigenvalue weighted by Gasteiger charge is -2.33. The van der Waals surface area contributed by atoms with Crippen LogP contribution in [0.3, 0.4) is 0 Å². The molecule has 0 aliphatic carbocycles. The molecule has 25 heavy (non-hydrogen) atoms. The molecule has 2 aliphatic heterocycles. The second-order valence-corrected chi connectivity index (χ2v) is 7.17. The van der Waals surface area contributed by atoms with E-state index >= 15 is 0 Å². The highest BCUT2D eigenvalue weighted by molar-refractivity contribution is 5.84. The Morgan fingerprint density at radius 2 is 2.16 bits per heavy atom. The van der Waals surface area contributed by atoms with Crippen molar-refractivity contribution in [3.8, 4) is 0 Å². The molecule has 0 bridgehead atoms. The second kappa shape index (κ2) is 7.93. The van der Waals surface area contributed by atoms with Gasteiger partial charge < -0.3 is 10.2 Å². The highest BCUT2D eigenvalue weighted by Crippen LogP contribution is 2.23. The molecule has 3 unspecified atom stereocenters. The molecule has 2 aliphatic rings. The molecule has 136 valence electrons. The van der Waals surface area contributed by atoms with Crippen LogP contribution in [-0.4, -0.2) is 46.9 Å². The molecule has 7 nitrogen and oxygen atoms in total. The largest absolute Gasteiger partial charge is 0.354 e. The predicted octanol–water partition coefficient (Wildman–Crippen LogP) is 0.752. The highest BCUT2D eigenvalue weighted by atomic mass is 16.2. The van der Waals surface area contributed by atoms with Crippen LogP contribution in [0.5, 0.6) is 0 Å². The fourth-order valence-corrected chi connectivity index (χ4v) is 3.51. The summed E-state index contributed by atoms with van der Waals surface area (Å²) in [5, 5.41) is 2.96. The third-order valence-electron chi connectivity index (χ3n) is 4.78. The predicted molar refractivity (Wildman–Crippen MR) is 94.2 cm³/mol. The Bertz CT molecular complexity index is 607. The van der Waals surface area contributed by atoms with E-state index < -0.39 is 0 Å². The summed E-state index contributed by atoms with van der Waals surface area (Å²) >= 11 is 0. The fourth-order valence-electron chi connectivity index (χ4n) is 3.51. The van der Waals surface area contributed by atoms with Crippen LogP contribution in [-0.2, 0) is 9.59 Å². The minimum absolute atomic E-state index is 0.0278. The summed E-state index contributed by atoms with van der Waals surface area (Å²) in [6.45, 7) is 5.13. The van der Waals surface area contributed by atoms with Crippen molar-refractivity contribution in [2.24, 2.45) is 5.92 Å². The Kier molecular flexibility index (Phi) is 5.65. The normalized spacial score (nSPS) is 26.7. The molecule has 1 aromatic rings. The summed E-state index contributed by atoms with van der Waals surface area (Å²) in [7, 11) is 0. The highest BCUT2D eigenvalue weighted by Gasteiger charge is 2.36. The van der Waals surface area contributed by atoms with Gasteiger partial charge in [-0.2, -0.15) is 0 Å². The van der Waals surface area contributed by atoms with E-state index in [1.807, 2.05) is 36.9 Å². The number of likely N-dealkylation sites (tertiary alicyclic amines) is 1. The molecule has 7 heteroatoms. The number of hydrogen-bond donors (Lipinski definition) is 3. The molecule has 0 radical (unpaired) electrons. The number of pyridine rings is 1. The Hall–Kier alpha value is -1.99. The van der Waals surface area contributed by atoms with E-state index in [0.29, 0.717) is 13.0 Å². The van der Waals surface area contributed by atoms with Gasteiger partial charge in [0.05, 0.1) is 17.7 Å². The quantitative estimate of drug-likeness (QED) is 0.750. The maximum atomic E-state index is 12.8. The van der Waals surface area contributed by atoms with E-state index in [4.69, 9.17) is 0 Å². The SMILES string of the molecule is CC(C)NC(=O)C1CCCN(C(=O)C2CC(c3ccccn3)NN2)C1. The zero-order valence-corrected chi connectivity index (χ0v) is 14.9. The Labute approximate surface area is 148 Å². The lowest BCUT2D eigenvalue weighted by molar-refractivity contribution is -0.137. The number of rotatable bonds is 4. The first-order valence-corrected chi connectivity index (χ1v) is 9.05. The third kappa shape index (κ3) is 4.35. The van der Waals surface area contributed by atoms with E-state index in [9.17, 15) is 9.59 Å². The van der Waals surface area contributed by atoms with Crippen LogP contribution in [0.4, 0.5) is 0 Å². The third-order valence-corrected chi connectivity index (χ3v) is 4.78. The van der Waals surface area contributed by atoms with Crippen LogP contribution in [0, 0.1) is 5.92 Å². The summed E-state index contributed by atoms with van der Waals surface area (Å²) < 4.78 is 0. The number of hydrazine groups is 1. The number of nitrogens with one attached hydrogen (secondary N) is 3.